The van der Waals surface area contributed by atoms with E-state index in [1.54, 1.807) is 12.3 Å². The zero-order valence-corrected chi connectivity index (χ0v) is 12.3. The van der Waals surface area contributed by atoms with Crippen molar-refractivity contribution in [2.24, 2.45) is 5.73 Å². The van der Waals surface area contributed by atoms with Gasteiger partial charge in [0.25, 0.3) is 0 Å². The summed E-state index contributed by atoms with van der Waals surface area (Å²) in [6, 6.07) is 6.43. The van der Waals surface area contributed by atoms with Crippen LogP contribution in [0.4, 0.5) is 5.69 Å². The SMILES string of the molecule is Cc1cc(CN)cnc1Oc1ccc(Br)cc1[N+](=O)[O-]. The van der Waals surface area contributed by atoms with Gasteiger partial charge in [0, 0.05) is 28.8 Å². The fourth-order valence-electron chi connectivity index (χ4n) is 1.66. The Bertz CT molecular complexity index is 661. The number of aryl methyl sites for hydroxylation is 1. The van der Waals surface area contributed by atoms with Crippen molar-refractivity contribution in [2.45, 2.75) is 13.5 Å². The van der Waals surface area contributed by atoms with Gasteiger partial charge in [-0.15, -0.1) is 0 Å². The predicted molar refractivity (Wildman–Crippen MR) is 77.7 cm³/mol. The van der Waals surface area contributed by atoms with Gasteiger partial charge in [-0.05, 0) is 30.7 Å². The van der Waals surface area contributed by atoms with E-state index < -0.39 is 4.92 Å². The third-order valence-corrected chi connectivity index (χ3v) is 3.14. The number of benzene rings is 1. The summed E-state index contributed by atoms with van der Waals surface area (Å²) in [5.74, 6) is 0.474. The van der Waals surface area contributed by atoms with Gasteiger partial charge in [0.2, 0.25) is 11.6 Å². The molecule has 0 aliphatic rings. The van der Waals surface area contributed by atoms with Crippen LogP contribution in [0.25, 0.3) is 0 Å². The summed E-state index contributed by atoms with van der Waals surface area (Å²) in [5, 5.41) is 11.0. The molecule has 0 atom stereocenters. The van der Waals surface area contributed by atoms with Crippen molar-refractivity contribution in [2.75, 3.05) is 0 Å². The molecule has 20 heavy (non-hydrogen) atoms. The first-order valence-corrected chi connectivity index (χ1v) is 6.58. The van der Waals surface area contributed by atoms with E-state index in [1.807, 2.05) is 13.0 Å². The van der Waals surface area contributed by atoms with Crippen molar-refractivity contribution in [3.63, 3.8) is 0 Å². The highest BCUT2D eigenvalue weighted by atomic mass is 79.9. The number of nitrogens with zero attached hydrogens (tertiary/aromatic N) is 2. The Kier molecular flexibility index (Phi) is 4.31. The molecule has 2 rings (SSSR count). The van der Waals surface area contributed by atoms with Crippen molar-refractivity contribution >= 4 is 21.6 Å². The maximum Gasteiger partial charge on any atom is 0.312 e. The second kappa shape index (κ2) is 5.98. The van der Waals surface area contributed by atoms with Crippen LogP contribution in [-0.2, 0) is 6.54 Å². The van der Waals surface area contributed by atoms with Crippen molar-refractivity contribution in [1.82, 2.24) is 4.98 Å². The van der Waals surface area contributed by atoms with Gasteiger partial charge in [-0.2, -0.15) is 0 Å². The lowest BCUT2D eigenvalue weighted by atomic mass is 10.2. The Morgan fingerprint density at radius 3 is 2.80 bits per heavy atom. The van der Waals surface area contributed by atoms with Gasteiger partial charge in [-0.25, -0.2) is 4.98 Å². The molecular weight excluding hydrogens is 326 g/mol. The first-order chi connectivity index (χ1) is 9.51. The number of nitro benzene ring substituents is 1. The molecule has 1 heterocycles. The number of halogens is 1. The molecule has 0 saturated carbocycles. The minimum Gasteiger partial charge on any atom is -0.432 e. The van der Waals surface area contributed by atoms with Crippen LogP contribution in [0, 0.1) is 17.0 Å². The second-order valence-corrected chi connectivity index (χ2v) is 5.06. The number of nitrogens with two attached hydrogens (primary N) is 1. The van der Waals surface area contributed by atoms with E-state index in [0.717, 1.165) is 11.1 Å². The number of aromatic nitrogens is 1. The van der Waals surface area contributed by atoms with Crippen LogP contribution in [-0.4, -0.2) is 9.91 Å². The van der Waals surface area contributed by atoms with Gasteiger partial charge in [-0.3, -0.25) is 10.1 Å². The van der Waals surface area contributed by atoms with Gasteiger partial charge in [0.1, 0.15) is 0 Å². The summed E-state index contributed by atoms with van der Waals surface area (Å²) in [5.41, 5.74) is 7.05. The number of rotatable bonds is 4. The van der Waals surface area contributed by atoms with E-state index in [1.165, 1.54) is 12.1 Å². The molecule has 0 spiro atoms. The maximum atomic E-state index is 11.0. The monoisotopic (exact) mass is 337 g/mol. The highest BCUT2D eigenvalue weighted by molar-refractivity contribution is 9.10. The molecule has 0 saturated heterocycles. The van der Waals surface area contributed by atoms with E-state index in [9.17, 15) is 10.1 Å². The lowest BCUT2D eigenvalue weighted by molar-refractivity contribution is -0.385. The zero-order valence-electron chi connectivity index (χ0n) is 10.7. The van der Waals surface area contributed by atoms with Gasteiger partial charge in [0.15, 0.2) is 0 Å². The zero-order chi connectivity index (χ0) is 14.7. The largest absolute Gasteiger partial charge is 0.432 e. The summed E-state index contributed by atoms with van der Waals surface area (Å²) >= 11 is 3.19. The van der Waals surface area contributed by atoms with Gasteiger partial charge in [0.05, 0.1) is 4.92 Å². The number of hydrogen-bond acceptors (Lipinski definition) is 5. The molecule has 0 radical (unpaired) electrons. The summed E-state index contributed by atoms with van der Waals surface area (Å²) in [7, 11) is 0. The van der Waals surface area contributed by atoms with Crippen LogP contribution in [0.5, 0.6) is 11.6 Å². The molecule has 0 amide bonds. The average molecular weight is 338 g/mol. The Morgan fingerprint density at radius 2 is 2.20 bits per heavy atom. The third-order valence-electron chi connectivity index (χ3n) is 2.65. The summed E-state index contributed by atoms with van der Waals surface area (Å²) in [6.07, 6.45) is 1.59. The lowest BCUT2D eigenvalue weighted by Crippen LogP contribution is -2.00. The number of nitro groups is 1. The molecular formula is C13H12BrN3O3. The van der Waals surface area contributed by atoms with Crippen LogP contribution in [0.2, 0.25) is 0 Å². The predicted octanol–water partition coefficient (Wildman–Crippen LogP) is 3.31. The van der Waals surface area contributed by atoms with Crippen LogP contribution in [0.15, 0.2) is 34.9 Å². The van der Waals surface area contributed by atoms with Crippen molar-refractivity contribution in [3.05, 3.63) is 56.2 Å². The minimum absolute atomic E-state index is 0.122. The molecule has 2 aromatic rings. The standard InChI is InChI=1S/C13H12BrN3O3/c1-8-4-9(6-15)7-16-13(8)20-12-3-2-10(14)5-11(12)17(18)19/h2-5,7H,6,15H2,1H3. The van der Waals surface area contributed by atoms with Crippen LogP contribution < -0.4 is 10.5 Å². The molecule has 6 nitrogen and oxygen atoms in total. The van der Waals surface area contributed by atoms with Crippen molar-refractivity contribution in [3.8, 4) is 11.6 Å². The van der Waals surface area contributed by atoms with E-state index in [0.29, 0.717) is 16.9 Å². The minimum atomic E-state index is -0.496. The summed E-state index contributed by atoms with van der Waals surface area (Å²) in [6.45, 7) is 2.19. The fraction of sp³-hybridized carbons (Fsp3) is 0.154. The smallest absolute Gasteiger partial charge is 0.312 e. The topological polar surface area (TPSA) is 91.3 Å². The van der Waals surface area contributed by atoms with Gasteiger partial charge >= 0.3 is 5.69 Å². The van der Waals surface area contributed by atoms with Crippen LogP contribution in [0.3, 0.4) is 0 Å². The van der Waals surface area contributed by atoms with E-state index in [-0.39, 0.29) is 11.4 Å². The van der Waals surface area contributed by atoms with Crippen LogP contribution in [0.1, 0.15) is 11.1 Å². The fourth-order valence-corrected chi connectivity index (χ4v) is 2.01. The van der Waals surface area contributed by atoms with Crippen molar-refractivity contribution in [1.29, 1.82) is 0 Å². The molecule has 104 valence electrons. The molecule has 1 aromatic heterocycles. The number of pyridine rings is 1. The summed E-state index contributed by atoms with van der Waals surface area (Å²) in [4.78, 5) is 14.7. The Labute approximate surface area is 123 Å². The molecule has 7 heteroatoms. The van der Waals surface area contributed by atoms with E-state index in [2.05, 4.69) is 20.9 Å². The molecule has 0 bridgehead atoms. The number of ether oxygens (including phenoxy) is 1. The van der Waals surface area contributed by atoms with Crippen molar-refractivity contribution < 1.29 is 9.66 Å². The molecule has 0 aliphatic heterocycles. The molecule has 0 aliphatic carbocycles. The molecule has 1 aromatic carbocycles. The van der Waals surface area contributed by atoms with E-state index in [4.69, 9.17) is 10.5 Å². The Hall–Kier alpha value is -1.99. The average Bonchev–Trinajstić information content (AvgIpc) is 2.42. The maximum absolute atomic E-state index is 11.0. The quantitative estimate of drug-likeness (QED) is 0.682. The lowest BCUT2D eigenvalue weighted by Gasteiger charge is -2.09. The highest BCUT2D eigenvalue weighted by Crippen LogP contribution is 2.34. The second-order valence-electron chi connectivity index (χ2n) is 4.14. The first-order valence-electron chi connectivity index (χ1n) is 5.78. The summed E-state index contributed by atoms with van der Waals surface area (Å²) < 4.78 is 6.15. The van der Waals surface area contributed by atoms with Gasteiger partial charge < -0.3 is 10.5 Å². The van der Waals surface area contributed by atoms with Crippen LogP contribution >= 0.6 is 15.9 Å². The molecule has 0 unspecified atom stereocenters. The molecule has 2 N–H and O–H groups in total. The highest BCUT2D eigenvalue weighted by Gasteiger charge is 2.17. The Balaban J connectivity index is 2.37. The normalized spacial score (nSPS) is 10.3. The van der Waals surface area contributed by atoms with E-state index >= 15 is 0 Å². The molecule has 0 fully saturated rings. The Morgan fingerprint density at radius 1 is 1.45 bits per heavy atom. The van der Waals surface area contributed by atoms with Gasteiger partial charge in [-0.1, -0.05) is 15.9 Å². The number of hydrogen-bond donors (Lipinski definition) is 1. The first kappa shape index (κ1) is 14.4. The third kappa shape index (κ3) is 3.12.